The summed E-state index contributed by atoms with van der Waals surface area (Å²) in [5, 5.41) is 5.95. The van der Waals surface area contributed by atoms with Gasteiger partial charge in [-0.3, -0.25) is 4.79 Å². The number of aryl methyl sites for hydroxylation is 1. The third-order valence-corrected chi connectivity index (χ3v) is 6.99. The molecule has 39 heavy (non-hydrogen) atoms. The zero-order valence-corrected chi connectivity index (χ0v) is 23.5. The molecule has 4 rings (SSSR count). The molecule has 0 fully saturated rings. The Balaban J connectivity index is 1.68. The lowest BCUT2D eigenvalue weighted by Crippen LogP contribution is -2.24. The number of carbonyl (C=O) groups is 1. The van der Waals surface area contributed by atoms with Crippen LogP contribution in [0.3, 0.4) is 0 Å². The van der Waals surface area contributed by atoms with Crippen molar-refractivity contribution in [3.8, 4) is 16.9 Å². The van der Waals surface area contributed by atoms with Crippen LogP contribution in [0.1, 0.15) is 69.3 Å². The Morgan fingerprint density at radius 2 is 1.72 bits per heavy atom. The van der Waals surface area contributed by atoms with Crippen molar-refractivity contribution in [2.45, 2.75) is 65.1 Å². The Kier molecular flexibility index (Phi) is 9.36. The van der Waals surface area contributed by atoms with E-state index in [0.717, 1.165) is 50.8 Å². The van der Waals surface area contributed by atoms with E-state index < -0.39 is 0 Å². The largest absolute Gasteiger partial charge is 0.497 e. The van der Waals surface area contributed by atoms with Crippen LogP contribution in [0, 0.1) is 5.82 Å². The van der Waals surface area contributed by atoms with Gasteiger partial charge in [0.2, 0.25) is 0 Å². The molecule has 0 saturated carbocycles. The van der Waals surface area contributed by atoms with Gasteiger partial charge in [-0.15, -0.1) is 0 Å². The lowest BCUT2D eigenvalue weighted by molar-refractivity contribution is -0.147. The Hall–Kier alpha value is -3.70. The van der Waals surface area contributed by atoms with Crippen molar-refractivity contribution in [3.63, 3.8) is 0 Å². The summed E-state index contributed by atoms with van der Waals surface area (Å²) in [6, 6.07) is 26.0. The first-order chi connectivity index (χ1) is 18.8. The molecule has 0 aromatic heterocycles. The van der Waals surface area contributed by atoms with Crippen LogP contribution >= 0.6 is 0 Å². The number of methoxy groups -OCH3 is 1. The minimum atomic E-state index is -0.314. The molecule has 0 amide bonds. The van der Waals surface area contributed by atoms with Crippen molar-refractivity contribution < 1.29 is 18.7 Å². The molecule has 0 aliphatic heterocycles. The number of halogens is 1. The number of nitrogens with one attached hydrogen (secondary N) is 1. The first kappa shape index (κ1) is 28.3. The van der Waals surface area contributed by atoms with Gasteiger partial charge >= 0.3 is 5.97 Å². The molecule has 0 spiro atoms. The van der Waals surface area contributed by atoms with Crippen molar-refractivity contribution in [2.24, 2.45) is 0 Å². The van der Waals surface area contributed by atoms with E-state index in [-0.39, 0.29) is 36.4 Å². The number of ether oxygens (including phenoxy) is 2. The van der Waals surface area contributed by atoms with E-state index in [9.17, 15) is 9.18 Å². The normalized spacial score (nSPS) is 12.9. The summed E-state index contributed by atoms with van der Waals surface area (Å²) in [6.07, 6.45) is 1.36. The highest BCUT2D eigenvalue weighted by molar-refractivity contribution is 5.97. The average Bonchev–Trinajstić information content (AvgIpc) is 2.93. The molecule has 0 heterocycles. The van der Waals surface area contributed by atoms with Crippen molar-refractivity contribution in [2.75, 3.05) is 7.11 Å². The zero-order valence-electron chi connectivity index (χ0n) is 23.5. The third kappa shape index (κ3) is 7.24. The second kappa shape index (κ2) is 12.9. The highest BCUT2D eigenvalue weighted by atomic mass is 19.1. The first-order valence-corrected chi connectivity index (χ1v) is 13.7. The van der Waals surface area contributed by atoms with Crippen molar-refractivity contribution >= 4 is 16.7 Å². The van der Waals surface area contributed by atoms with Crippen LogP contribution in [0.4, 0.5) is 4.39 Å². The van der Waals surface area contributed by atoms with Gasteiger partial charge in [-0.1, -0.05) is 49.4 Å². The van der Waals surface area contributed by atoms with Gasteiger partial charge in [0.1, 0.15) is 11.6 Å². The maximum absolute atomic E-state index is 14.9. The van der Waals surface area contributed by atoms with Gasteiger partial charge in [0.05, 0.1) is 13.2 Å². The molecule has 4 nitrogen and oxygen atoms in total. The fourth-order valence-corrected chi connectivity index (χ4v) is 5.05. The quantitative estimate of drug-likeness (QED) is 0.199. The summed E-state index contributed by atoms with van der Waals surface area (Å²) in [5.74, 6) is 0.248. The monoisotopic (exact) mass is 527 g/mol. The SMILES string of the molecule is CCC(N[C@H](C)c1cccc(OC)c1)c1cc(-c2cc(F)cc(CCC(=O)OC(C)C)c2)c2ccccc2c1. The minimum Gasteiger partial charge on any atom is -0.497 e. The molecule has 204 valence electrons. The summed E-state index contributed by atoms with van der Waals surface area (Å²) in [5.41, 5.74) is 4.85. The van der Waals surface area contributed by atoms with E-state index >= 15 is 0 Å². The predicted molar refractivity (Wildman–Crippen MR) is 156 cm³/mol. The van der Waals surface area contributed by atoms with Gasteiger partial charge in [-0.2, -0.15) is 0 Å². The Morgan fingerprint density at radius 1 is 0.923 bits per heavy atom. The van der Waals surface area contributed by atoms with Gasteiger partial charge < -0.3 is 14.8 Å². The maximum Gasteiger partial charge on any atom is 0.306 e. The molecule has 2 atom stereocenters. The highest BCUT2D eigenvalue weighted by Crippen LogP contribution is 2.35. The van der Waals surface area contributed by atoms with Crippen LogP contribution in [0.15, 0.2) is 78.9 Å². The zero-order chi connectivity index (χ0) is 27.9. The fraction of sp³-hybridized carbons (Fsp3) is 0.324. The van der Waals surface area contributed by atoms with Crippen LogP contribution < -0.4 is 10.1 Å². The average molecular weight is 528 g/mol. The topological polar surface area (TPSA) is 47.6 Å². The summed E-state index contributed by atoms with van der Waals surface area (Å²) >= 11 is 0. The Morgan fingerprint density at radius 3 is 2.46 bits per heavy atom. The van der Waals surface area contributed by atoms with Gasteiger partial charge in [-0.25, -0.2) is 4.39 Å². The van der Waals surface area contributed by atoms with Gasteiger partial charge in [0.15, 0.2) is 0 Å². The molecule has 0 aliphatic carbocycles. The molecule has 4 aromatic carbocycles. The summed E-state index contributed by atoms with van der Waals surface area (Å²) in [7, 11) is 1.68. The van der Waals surface area contributed by atoms with Crippen LogP contribution in [0.5, 0.6) is 5.75 Å². The van der Waals surface area contributed by atoms with E-state index in [2.05, 4.69) is 55.6 Å². The molecule has 0 radical (unpaired) electrons. The van der Waals surface area contributed by atoms with Crippen molar-refractivity contribution in [1.29, 1.82) is 0 Å². The van der Waals surface area contributed by atoms with Gasteiger partial charge in [0.25, 0.3) is 0 Å². The molecule has 0 bridgehead atoms. The highest BCUT2D eigenvalue weighted by Gasteiger charge is 2.18. The summed E-state index contributed by atoms with van der Waals surface area (Å²) in [6.45, 7) is 7.97. The fourth-order valence-electron chi connectivity index (χ4n) is 5.05. The number of fused-ring (bicyclic) bond motifs is 1. The number of esters is 1. The molecule has 0 saturated heterocycles. The van der Waals surface area contributed by atoms with E-state index in [4.69, 9.17) is 9.47 Å². The molecular weight excluding hydrogens is 489 g/mol. The molecule has 1 unspecified atom stereocenters. The number of benzene rings is 4. The summed E-state index contributed by atoms with van der Waals surface area (Å²) in [4.78, 5) is 12.1. The van der Waals surface area contributed by atoms with Gasteiger partial charge in [0, 0.05) is 18.5 Å². The van der Waals surface area contributed by atoms with E-state index in [1.807, 2.05) is 44.2 Å². The second-order valence-electron chi connectivity index (χ2n) is 10.3. The third-order valence-electron chi connectivity index (χ3n) is 6.99. The molecular formula is C34H38FNO3. The standard InChI is InChI=1S/C34H38FNO3/c1-6-33(36-23(4)25-11-9-12-30(20-25)38-5)28-18-26-10-7-8-13-31(26)32(21-28)27-16-24(17-29(35)19-27)14-15-34(37)39-22(2)3/h7-13,16-23,33,36H,6,14-15H2,1-5H3/t23-,33?/m1/s1. The predicted octanol–water partition coefficient (Wildman–Crippen LogP) is 8.34. The van der Waals surface area contributed by atoms with Crippen LogP contribution in [-0.4, -0.2) is 19.2 Å². The molecule has 1 N–H and O–H groups in total. The Bertz CT molecular complexity index is 1430. The van der Waals surface area contributed by atoms with Crippen molar-refractivity contribution in [3.05, 3.63) is 101 Å². The second-order valence-corrected chi connectivity index (χ2v) is 10.3. The summed E-state index contributed by atoms with van der Waals surface area (Å²) < 4.78 is 25.5. The number of hydrogen-bond donors (Lipinski definition) is 1. The van der Waals surface area contributed by atoms with Crippen molar-refractivity contribution in [1.82, 2.24) is 5.32 Å². The lowest BCUT2D eigenvalue weighted by atomic mass is 9.91. The van der Waals surface area contributed by atoms with E-state index in [0.29, 0.717) is 6.42 Å². The molecule has 0 aliphatic rings. The van der Waals surface area contributed by atoms with Crippen LogP contribution in [0.25, 0.3) is 21.9 Å². The van der Waals surface area contributed by atoms with Crippen LogP contribution in [-0.2, 0) is 16.0 Å². The van der Waals surface area contributed by atoms with Crippen LogP contribution in [0.2, 0.25) is 0 Å². The molecule has 4 aromatic rings. The van der Waals surface area contributed by atoms with E-state index in [1.165, 1.54) is 6.07 Å². The van der Waals surface area contributed by atoms with E-state index in [1.54, 1.807) is 13.2 Å². The number of rotatable bonds is 11. The number of hydrogen-bond acceptors (Lipinski definition) is 4. The minimum absolute atomic E-state index is 0.0911. The molecule has 5 heteroatoms. The smallest absolute Gasteiger partial charge is 0.306 e. The Labute approximate surface area is 231 Å². The lowest BCUT2D eigenvalue weighted by Gasteiger charge is -2.25. The van der Waals surface area contributed by atoms with Gasteiger partial charge in [-0.05, 0) is 109 Å². The maximum atomic E-state index is 14.9. The first-order valence-electron chi connectivity index (χ1n) is 13.7. The number of carbonyl (C=O) groups excluding carboxylic acids is 1.